The van der Waals surface area contributed by atoms with Gasteiger partial charge in [-0.25, -0.2) is 5.43 Å². The SMILES string of the molecule is C/C(=N/NC(=O)c1cccnc1)c1c(C)nsc1N. The highest BCUT2D eigenvalue weighted by Gasteiger charge is 2.11. The Balaban J connectivity index is 2.13. The number of nitrogens with zero attached hydrogens (tertiary/aromatic N) is 3. The molecule has 0 spiro atoms. The van der Waals surface area contributed by atoms with E-state index in [1.165, 1.54) is 17.7 Å². The Kier molecular flexibility index (Phi) is 3.86. The molecule has 0 aliphatic carbocycles. The monoisotopic (exact) mass is 275 g/mol. The Labute approximate surface area is 114 Å². The second-order valence-electron chi connectivity index (χ2n) is 3.89. The Morgan fingerprint density at radius 1 is 1.53 bits per heavy atom. The molecule has 0 saturated carbocycles. The van der Waals surface area contributed by atoms with Gasteiger partial charge in [0.2, 0.25) is 0 Å². The predicted octanol–water partition coefficient (Wildman–Crippen LogP) is 1.58. The van der Waals surface area contributed by atoms with Gasteiger partial charge >= 0.3 is 0 Å². The molecule has 0 aromatic carbocycles. The molecule has 2 rings (SSSR count). The highest BCUT2D eigenvalue weighted by atomic mass is 32.1. The third-order valence-corrected chi connectivity index (χ3v) is 3.27. The Bertz CT molecular complexity index is 601. The van der Waals surface area contributed by atoms with Crippen LogP contribution in [0.3, 0.4) is 0 Å². The van der Waals surface area contributed by atoms with E-state index in [0.717, 1.165) is 11.3 Å². The first-order valence-electron chi connectivity index (χ1n) is 5.56. The van der Waals surface area contributed by atoms with Gasteiger partial charge in [0, 0.05) is 12.4 Å². The molecule has 0 fully saturated rings. The fourth-order valence-corrected chi connectivity index (χ4v) is 2.29. The van der Waals surface area contributed by atoms with Crippen molar-refractivity contribution >= 4 is 28.2 Å². The van der Waals surface area contributed by atoms with Crippen LogP contribution in [0.1, 0.15) is 28.5 Å². The van der Waals surface area contributed by atoms with Crippen LogP contribution in [-0.2, 0) is 0 Å². The van der Waals surface area contributed by atoms with Crippen molar-refractivity contribution in [2.75, 3.05) is 5.73 Å². The molecule has 2 aromatic rings. The molecule has 2 heterocycles. The van der Waals surface area contributed by atoms with Crippen molar-refractivity contribution in [1.29, 1.82) is 0 Å². The van der Waals surface area contributed by atoms with Crippen molar-refractivity contribution < 1.29 is 4.79 Å². The molecule has 0 saturated heterocycles. The number of anilines is 1. The number of aromatic nitrogens is 2. The number of carbonyl (C=O) groups is 1. The van der Waals surface area contributed by atoms with E-state index >= 15 is 0 Å². The van der Waals surface area contributed by atoms with Gasteiger partial charge in [-0.3, -0.25) is 9.78 Å². The lowest BCUT2D eigenvalue weighted by Gasteiger charge is -2.02. The van der Waals surface area contributed by atoms with E-state index in [2.05, 4.69) is 19.9 Å². The largest absolute Gasteiger partial charge is 0.389 e. The fraction of sp³-hybridized carbons (Fsp3) is 0.167. The fourth-order valence-electron chi connectivity index (χ4n) is 1.58. The molecule has 0 atom stereocenters. The lowest BCUT2D eigenvalue weighted by molar-refractivity contribution is 0.0954. The maximum absolute atomic E-state index is 11.8. The number of nitrogen functional groups attached to an aromatic ring is 1. The zero-order valence-corrected chi connectivity index (χ0v) is 11.4. The minimum Gasteiger partial charge on any atom is -0.389 e. The second-order valence-corrected chi connectivity index (χ2v) is 4.69. The van der Waals surface area contributed by atoms with Crippen LogP contribution in [0, 0.1) is 6.92 Å². The van der Waals surface area contributed by atoms with Gasteiger partial charge in [-0.1, -0.05) is 0 Å². The second kappa shape index (κ2) is 5.57. The van der Waals surface area contributed by atoms with Crippen molar-refractivity contribution in [3.63, 3.8) is 0 Å². The third kappa shape index (κ3) is 2.94. The van der Waals surface area contributed by atoms with Crippen LogP contribution in [-0.4, -0.2) is 21.0 Å². The van der Waals surface area contributed by atoms with E-state index in [9.17, 15) is 4.79 Å². The zero-order valence-electron chi connectivity index (χ0n) is 10.5. The number of hydrogen-bond donors (Lipinski definition) is 2. The van der Waals surface area contributed by atoms with Gasteiger partial charge in [0.05, 0.1) is 22.5 Å². The number of hydrogen-bond acceptors (Lipinski definition) is 6. The molecule has 0 aliphatic heterocycles. The summed E-state index contributed by atoms with van der Waals surface area (Å²) in [6, 6.07) is 3.36. The van der Waals surface area contributed by atoms with Crippen LogP contribution in [0.25, 0.3) is 0 Å². The Morgan fingerprint density at radius 3 is 2.89 bits per heavy atom. The summed E-state index contributed by atoms with van der Waals surface area (Å²) in [6.45, 7) is 3.63. The number of hydrazone groups is 1. The maximum Gasteiger partial charge on any atom is 0.272 e. The van der Waals surface area contributed by atoms with Gasteiger partial charge in [0.1, 0.15) is 5.00 Å². The summed E-state index contributed by atoms with van der Waals surface area (Å²) in [4.78, 5) is 15.7. The molecule has 19 heavy (non-hydrogen) atoms. The van der Waals surface area contributed by atoms with Gasteiger partial charge in [0.25, 0.3) is 5.91 Å². The standard InChI is InChI=1S/C12H13N5OS/c1-7(10-8(2)17-19-11(10)13)15-16-12(18)9-4-3-5-14-6-9/h3-6H,13H2,1-2H3,(H,16,18)/b15-7-. The summed E-state index contributed by atoms with van der Waals surface area (Å²) >= 11 is 1.21. The highest BCUT2D eigenvalue weighted by molar-refractivity contribution is 7.10. The number of nitrogens with two attached hydrogens (primary N) is 1. The Morgan fingerprint density at radius 2 is 2.32 bits per heavy atom. The number of nitrogens with one attached hydrogen (secondary N) is 1. The van der Waals surface area contributed by atoms with E-state index in [4.69, 9.17) is 5.73 Å². The van der Waals surface area contributed by atoms with Crippen molar-refractivity contribution in [2.45, 2.75) is 13.8 Å². The number of amides is 1. The summed E-state index contributed by atoms with van der Waals surface area (Å²) in [5, 5.41) is 4.63. The van der Waals surface area contributed by atoms with E-state index in [-0.39, 0.29) is 5.91 Å². The zero-order chi connectivity index (χ0) is 13.8. The van der Waals surface area contributed by atoms with E-state index in [1.54, 1.807) is 25.3 Å². The molecule has 0 aliphatic rings. The first-order chi connectivity index (χ1) is 9.09. The van der Waals surface area contributed by atoms with Crippen molar-refractivity contribution in [2.24, 2.45) is 5.10 Å². The average molecular weight is 275 g/mol. The molecule has 0 unspecified atom stereocenters. The molecular formula is C12H13N5OS. The molecular weight excluding hydrogens is 262 g/mol. The van der Waals surface area contributed by atoms with Gasteiger partial charge < -0.3 is 5.73 Å². The summed E-state index contributed by atoms with van der Waals surface area (Å²) in [7, 11) is 0. The van der Waals surface area contributed by atoms with Crippen LogP contribution in [0.4, 0.5) is 5.00 Å². The van der Waals surface area contributed by atoms with Gasteiger partial charge in [0.15, 0.2) is 0 Å². The highest BCUT2D eigenvalue weighted by Crippen LogP contribution is 2.21. The lowest BCUT2D eigenvalue weighted by Crippen LogP contribution is -2.19. The van der Waals surface area contributed by atoms with Gasteiger partial charge in [-0.05, 0) is 37.5 Å². The summed E-state index contributed by atoms with van der Waals surface area (Å²) < 4.78 is 4.14. The lowest BCUT2D eigenvalue weighted by atomic mass is 10.2. The van der Waals surface area contributed by atoms with Crippen LogP contribution >= 0.6 is 11.5 Å². The first kappa shape index (κ1) is 13.2. The first-order valence-corrected chi connectivity index (χ1v) is 6.33. The number of aryl methyl sites for hydroxylation is 1. The van der Waals surface area contributed by atoms with Crippen LogP contribution in [0.2, 0.25) is 0 Å². The quantitative estimate of drug-likeness (QED) is 0.657. The molecule has 98 valence electrons. The molecule has 2 aromatic heterocycles. The average Bonchev–Trinajstić information content (AvgIpc) is 2.76. The summed E-state index contributed by atoms with van der Waals surface area (Å²) in [5.74, 6) is -0.313. The van der Waals surface area contributed by atoms with Gasteiger partial charge in [-0.2, -0.15) is 9.47 Å². The van der Waals surface area contributed by atoms with E-state index < -0.39 is 0 Å². The van der Waals surface area contributed by atoms with Crippen LogP contribution in [0.15, 0.2) is 29.6 Å². The minimum absolute atomic E-state index is 0.313. The van der Waals surface area contributed by atoms with Crippen molar-refractivity contribution in [3.8, 4) is 0 Å². The normalized spacial score (nSPS) is 11.4. The molecule has 7 heteroatoms. The minimum atomic E-state index is -0.313. The topological polar surface area (TPSA) is 93.3 Å². The molecule has 0 bridgehead atoms. The summed E-state index contributed by atoms with van der Waals surface area (Å²) in [5.41, 5.74) is 10.9. The van der Waals surface area contributed by atoms with E-state index in [0.29, 0.717) is 16.3 Å². The third-order valence-electron chi connectivity index (χ3n) is 2.50. The van der Waals surface area contributed by atoms with E-state index in [1.807, 2.05) is 6.92 Å². The Hall–Kier alpha value is -2.28. The van der Waals surface area contributed by atoms with Crippen molar-refractivity contribution in [1.82, 2.24) is 14.8 Å². The number of rotatable bonds is 3. The molecule has 3 N–H and O–H groups in total. The molecule has 1 amide bonds. The van der Waals surface area contributed by atoms with Crippen LogP contribution in [0.5, 0.6) is 0 Å². The molecule has 6 nitrogen and oxygen atoms in total. The van der Waals surface area contributed by atoms with Crippen molar-refractivity contribution in [3.05, 3.63) is 41.3 Å². The maximum atomic E-state index is 11.8. The van der Waals surface area contributed by atoms with Gasteiger partial charge in [-0.15, -0.1) is 0 Å². The molecule has 0 radical (unpaired) electrons. The number of carbonyl (C=O) groups excluding carboxylic acids is 1. The smallest absolute Gasteiger partial charge is 0.272 e. The summed E-state index contributed by atoms with van der Waals surface area (Å²) in [6.07, 6.45) is 3.08. The predicted molar refractivity (Wildman–Crippen MR) is 75.2 cm³/mol. The van der Waals surface area contributed by atoms with Crippen LogP contribution < -0.4 is 11.2 Å². The number of pyridine rings is 1.